The molecule has 1 amide bonds. The van der Waals surface area contributed by atoms with Gasteiger partial charge in [0.05, 0.1) is 18.3 Å². The first kappa shape index (κ1) is 17.2. The second kappa shape index (κ2) is 7.48. The number of hydrogen-bond acceptors (Lipinski definition) is 5. The third-order valence-electron chi connectivity index (χ3n) is 3.90. The Morgan fingerprint density at radius 1 is 1.28 bits per heavy atom. The molecule has 130 valence electrons. The fourth-order valence-corrected chi connectivity index (χ4v) is 3.06. The standard InChI is InChI=1S/C18H19N3O3S/c1-13-3-5-14(6-4-13)24-9-8-20(2)16(22)11-21-12-19-17-15(18(21)23)7-10-25-17/h3-7,10,12H,8-9,11H2,1-2H3. The zero-order valence-corrected chi connectivity index (χ0v) is 15.0. The van der Waals surface area contributed by atoms with Crippen LogP contribution in [0, 0.1) is 6.92 Å². The minimum absolute atomic E-state index is 0.0291. The minimum atomic E-state index is -0.191. The molecule has 0 radical (unpaired) electrons. The predicted octanol–water partition coefficient (Wildman–Crippen LogP) is 2.30. The van der Waals surface area contributed by atoms with Crippen LogP contribution in [-0.4, -0.2) is 40.6 Å². The highest BCUT2D eigenvalue weighted by molar-refractivity contribution is 7.16. The van der Waals surface area contributed by atoms with Crippen LogP contribution >= 0.6 is 11.3 Å². The monoisotopic (exact) mass is 357 g/mol. The molecule has 2 aromatic heterocycles. The molecule has 0 saturated carbocycles. The molecule has 0 bridgehead atoms. The summed E-state index contributed by atoms with van der Waals surface area (Å²) in [5.41, 5.74) is 0.977. The van der Waals surface area contributed by atoms with E-state index in [0.29, 0.717) is 23.4 Å². The SMILES string of the molecule is Cc1ccc(OCCN(C)C(=O)Cn2cnc3sccc3c2=O)cc1. The van der Waals surface area contributed by atoms with E-state index in [2.05, 4.69) is 4.98 Å². The van der Waals surface area contributed by atoms with Crippen LogP contribution in [0.15, 0.2) is 46.8 Å². The van der Waals surface area contributed by atoms with Crippen LogP contribution in [0.1, 0.15) is 5.56 Å². The van der Waals surface area contributed by atoms with Gasteiger partial charge in [-0.05, 0) is 30.5 Å². The van der Waals surface area contributed by atoms with Gasteiger partial charge in [-0.1, -0.05) is 17.7 Å². The average molecular weight is 357 g/mol. The summed E-state index contributed by atoms with van der Waals surface area (Å²) in [6, 6.07) is 9.49. The quantitative estimate of drug-likeness (QED) is 0.679. The molecule has 0 aliphatic heterocycles. The average Bonchev–Trinajstić information content (AvgIpc) is 3.08. The Kier molecular flexibility index (Phi) is 5.14. The number of aryl methyl sites for hydroxylation is 1. The molecule has 0 fully saturated rings. The Balaban J connectivity index is 1.55. The first-order chi connectivity index (χ1) is 12.0. The van der Waals surface area contributed by atoms with Crippen LogP contribution in [0.25, 0.3) is 10.2 Å². The topological polar surface area (TPSA) is 64.4 Å². The predicted molar refractivity (Wildman–Crippen MR) is 98.2 cm³/mol. The van der Waals surface area contributed by atoms with Crippen molar-refractivity contribution in [1.29, 1.82) is 0 Å². The highest BCUT2D eigenvalue weighted by Crippen LogP contribution is 2.13. The van der Waals surface area contributed by atoms with E-state index in [-0.39, 0.29) is 18.0 Å². The van der Waals surface area contributed by atoms with E-state index in [1.54, 1.807) is 18.0 Å². The fraction of sp³-hybridized carbons (Fsp3) is 0.278. The summed E-state index contributed by atoms with van der Waals surface area (Å²) in [6.07, 6.45) is 1.43. The maximum atomic E-state index is 12.3. The fourth-order valence-electron chi connectivity index (χ4n) is 2.33. The Morgan fingerprint density at radius 2 is 2.04 bits per heavy atom. The first-order valence-corrected chi connectivity index (χ1v) is 8.78. The lowest BCUT2D eigenvalue weighted by Crippen LogP contribution is -2.36. The Morgan fingerprint density at radius 3 is 2.80 bits per heavy atom. The minimum Gasteiger partial charge on any atom is -0.492 e. The van der Waals surface area contributed by atoms with Gasteiger partial charge in [0.15, 0.2) is 0 Å². The van der Waals surface area contributed by atoms with Crippen molar-refractivity contribution in [3.05, 3.63) is 58.0 Å². The normalized spacial score (nSPS) is 10.8. The molecule has 3 rings (SSSR count). The molecule has 0 aliphatic carbocycles. The number of aromatic nitrogens is 2. The van der Waals surface area contributed by atoms with Gasteiger partial charge in [-0.3, -0.25) is 14.2 Å². The van der Waals surface area contributed by atoms with E-state index in [1.807, 2.05) is 36.6 Å². The van der Waals surface area contributed by atoms with Crippen molar-refractivity contribution in [1.82, 2.24) is 14.5 Å². The summed E-state index contributed by atoms with van der Waals surface area (Å²) in [4.78, 5) is 31.1. The largest absolute Gasteiger partial charge is 0.492 e. The van der Waals surface area contributed by atoms with Crippen molar-refractivity contribution >= 4 is 27.5 Å². The number of benzene rings is 1. The Labute approximate surface area is 149 Å². The van der Waals surface area contributed by atoms with E-state index in [0.717, 1.165) is 5.75 Å². The molecule has 1 aromatic carbocycles. The van der Waals surface area contributed by atoms with Crippen LogP contribution in [0.5, 0.6) is 5.75 Å². The number of carbonyl (C=O) groups is 1. The van der Waals surface area contributed by atoms with Gasteiger partial charge in [0.1, 0.15) is 23.7 Å². The summed E-state index contributed by atoms with van der Waals surface area (Å²) in [7, 11) is 1.70. The Bertz CT molecular complexity index is 931. The van der Waals surface area contributed by atoms with Gasteiger partial charge < -0.3 is 9.64 Å². The molecule has 7 heteroatoms. The number of likely N-dealkylation sites (N-methyl/N-ethyl adjacent to an activating group) is 1. The lowest BCUT2D eigenvalue weighted by Gasteiger charge is -2.18. The van der Waals surface area contributed by atoms with Crippen molar-refractivity contribution < 1.29 is 9.53 Å². The van der Waals surface area contributed by atoms with Gasteiger partial charge in [-0.15, -0.1) is 11.3 Å². The van der Waals surface area contributed by atoms with Crippen LogP contribution in [0.3, 0.4) is 0 Å². The zero-order chi connectivity index (χ0) is 17.8. The van der Waals surface area contributed by atoms with Crippen molar-refractivity contribution in [3.63, 3.8) is 0 Å². The van der Waals surface area contributed by atoms with Gasteiger partial charge in [-0.2, -0.15) is 0 Å². The number of amides is 1. The number of nitrogens with zero attached hydrogens (tertiary/aromatic N) is 3. The lowest BCUT2D eigenvalue weighted by atomic mass is 10.2. The number of hydrogen-bond donors (Lipinski definition) is 0. The maximum absolute atomic E-state index is 12.3. The number of carbonyl (C=O) groups excluding carboxylic acids is 1. The maximum Gasteiger partial charge on any atom is 0.262 e. The summed E-state index contributed by atoms with van der Waals surface area (Å²) in [6.45, 7) is 2.82. The summed E-state index contributed by atoms with van der Waals surface area (Å²) in [5.74, 6) is 0.612. The van der Waals surface area contributed by atoms with Gasteiger partial charge in [0.2, 0.25) is 5.91 Å². The van der Waals surface area contributed by atoms with Crippen LogP contribution in [-0.2, 0) is 11.3 Å². The van der Waals surface area contributed by atoms with Gasteiger partial charge in [-0.25, -0.2) is 4.98 Å². The molecule has 3 aromatic rings. The second-order valence-electron chi connectivity index (χ2n) is 5.79. The van der Waals surface area contributed by atoms with Crippen molar-refractivity contribution in [2.24, 2.45) is 0 Å². The third-order valence-corrected chi connectivity index (χ3v) is 4.72. The smallest absolute Gasteiger partial charge is 0.262 e. The highest BCUT2D eigenvalue weighted by Gasteiger charge is 2.12. The molecule has 0 unspecified atom stereocenters. The van der Waals surface area contributed by atoms with Crippen LogP contribution in [0.2, 0.25) is 0 Å². The van der Waals surface area contributed by atoms with E-state index in [9.17, 15) is 9.59 Å². The molecule has 6 nitrogen and oxygen atoms in total. The van der Waals surface area contributed by atoms with Crippen LogP contribution in [0.4, 0.5) is 0 Å². The molecule has 25 heavy (non-hydrogen) atoms. The molecule has 0 spiro atoms. The van der Waals surface area contributed by atoms with Crippen LogP contribution < -0.4 is 10.3 Å². The van der Waals surface area contributed by atoms with Crippen molar-refractivity contribution in [3.8, 4) is 5.75 Å². The molecular formula is C18H19N3O3S. The van der Waals surface area contributed by atoms with Gasteiger partial charge in [0.25, 0.3) is 5.56 Å². The summed E-state index contributed by atoms with van der Waals surface area (Å²) >= 11 is 1.41. The first-order valence-electron chi connectivity index (χ1n) is 7.90. The molecular weight excluding hydrogens is 338 g/mol. The molecule has 2 heterocycles. The molecule has 0 atom stereocenters. The second-order valence-corrected chi connectivity index (χ2v) is 6.69. The summed E-state index contributed by atoms with van der Waals surface area (Å²) < 4.78 is 6.97. The molecule has 0 aliphatic rings. The van der Waals surface area contributed by atoms with Gasteiger partial charge in [0, 0.05) is 7.05 Å². The number of rotatable bonds is 6. The number of thiophene rings is 1. The van der Waals surface area contributed by atoms with Crippen molar-refractivity contribution in [2.75, 3.05) is 20.2 Å². The van der Waals surface area contributed by atoms with Gasteiger partial charge >= 0.3 is 0 Å². The van der Waals surface area contributed by atoms with E-state index in [4.69, 9.17) is 4.74 Å². The molecule has 0 saturated heterocycles. The number of ether oxygens (including phenoxy) is 1. The van der Waals surface area contributed by atoms with E-state index < -0.39 is 0 Å². The summed E-state index contributed by atoms with van der Waals surface area (Å²) in [5, 5.41) is 2.37. The third kappa shape index (κ3) is 4.06. The lowest BCUT2D eigenvalue weighted by molar-refractivity contribution is -0.130. The zero-order valence-electron chi connectivity index (χ0n) is 14.1. The van der Waals surface area contributed by atoms with Crippen molar-refractivity contribution in [2.45, 2.75) is 13.5 Å². The van der Waals surface area contributed by atoms with E-state index >= 15 is 0 Å². The highest BCUT2D eigenvalue weighted by atomic mass is 32.1. The molecule has 0 N–H and O–H groups in total. The van der Waals surface area contributed by atoms with E-state index in [1.165, 1.54) is 27.8 Å². The number of fused-ring (bicyclic) bond motifs is 1. The Hall–Kier alpha value is -2.67.